The Kier molecular flexibility index (Phi) is 3.97. The fourth-order valence-corrected chi connectivity index (χ4v) is 2.54. The summed E-state index contributed by atoms with van der Waals surface area (Å²) >= 11 is 0. The van der Waals surface area contributed by atoms with Gasteiger partial charge in [0.05, 0.1) is 5.69 Å². The van der Waals surface area contributed by atoms with Gasteiger partial charge < -0.3 is 15.5 Å². The minimum absolute atomic E-state index is 0.608. The van der Waals surface area contributed by atoms with E-state index in [1.165, 1.54) is 19.5 Å². The number of pyridine rings is 1. The molecule has 0 spiro atoms. The maximum Gasteiger partial charge on any atom is 0.123 e. The molecule has 0 aliphatic carbocycles. The average molecular weight is 234 g/mol. The molecule has 0 amide bonds. The lowest BCUT2D eigenvalue weighted by atomic mass is 10.1. The number of hydrogen-bond donors (Lipinski definition) is 1. The Morgan fingerprint density at radius 3 is 3.00 bits per heavy atom. The second-order valence-electron chi connectivity index (χ2n) is 5.17. The van der Waals surface area contributed by atoms with Gasteiger partial charge in [-0.05, 0) is 45.1 Å². The van der Waals surface area contributed by atoms with Crippen molar-refractivity contribution in [2.45, 2.75) is 13.0 Å². The number of aromatic nitrogens is 1. The van der Waals surface area contributed by atoms with Crippen molar-refractivity contribution in [3.63, 3.8) is 0 Å². The van der Waals surface area contributed by atoms with Crippen molar-refractivity contribution in [1.29, 1.82) is 0 Å². The maximum absolute atomic E-state index is 5.68. The minimum Gasteiger partial charge on any atom is -0.384 e. The Labute approximate surface area is 103 Å². The molecule has 1 fully saturated rings. The molecule has 17 heavy (non-hydrogen) atoms. The first kappa shape index (κ1) is 12.3. The van der Waals surface area contributed by atoms with E-state index in [0.29, 0.717) is 5.82 Å². The van der Waals surface area contributed by atoms with Crippen LogP contribution >= 0.6 is 0 Å². The van der Waals surface area contributed by atoms with Crippen LogP contribution in [0.2, 0.25) is 0 Å². The third kappa shape index (κ3) is 3.68. The lowest BCUT2D eigenvalue weighted by molar-refractivity contribution is 0.265. The number of hydrogen-bond acceptors (Lipinski definition) is 4. The van der Waals surface area contributed by atoms with E-state index in [2.05, 4.69) is 28.9 Å². The molecule has 2 N–H and O–H groups in total. The quantitative estimate of drug-likeness (QED) is 0.846. The van der Waals surface area contributed by atoms with Gasteiger partial charge in [0, 0.05) is 19.6 Å². The molecule has 0 aromatic carbocycles. The highest BCUT2D eigenvalue weighted by atomic mass is 15.2. The monoisotopic (exact) mass is 234 g/mol. The van der Waals surface area contributed by atoms with Gasteiger partial charge >= 0.3 is 0 Å². The molecule has 0 saturated carbocycles. The molecule has 1 aliphatic heterocycles. The summed E-state index contributed by atoms with van der Waals surface area (Å²) in [5, 5.41) is 0. The fourth-order valence-electron chi connectivity index (χ4n) is 2.54. The van der Waals surface area contributed by atoms with Gasteiger partial charge in [-0.2, -0.15) is 0 Å². The largest absolute Gasteiger partial charge is 0.384 e. The van der Waals surface area contributed by atoms with Crippen LogP contribution in [0, 0.1) is 5.92 Å². The first-order chi connectivity index (χ1) is 8.13. The zero-order chi connectivity index (χ0) is 12.3. The number of nitrogens with zero attached hydrogens (tertiary/aromatic N) is 3. The van der Waals surface area contributed by atoms with E-state index < -0.39 is 0 Å². The molecule has 1 unspecified atom stereocenters. The topological polar surface area (TPSA) is 45.4 Å². The van der Waals surface area contributed by atoms with Crippen molar-refractivity contribution in [2.24, 2.45) is 5.92 Å². The van der Waals surface area contributed by atoms with E-state index in [-0.39, 0.29) is 0 Å². The lowest BCUT2D eigenvalue weighted by Crippen LogP contribution is -2.27. The summed E-state index contributed by atoms with van der Waals surface area (Å²) in [6.07, 6.45) is 1.31. The van der Waals surface area contributed by atoms with Crippen LogP contribution in [-0.4, -0.2) is 48.5 Å². The molecule has 0 radical (unpaired) electrons. The van der Waals surface area contributed by atoms with Gasteiger partial charge in [0.15, 0.2) is 0 Å². The average Bonchev–Trinajstić information content (AvgIpc) is 2.63. The van der Waals surface area contributed by atoms with E-state index in [1.54, 1.807) is 0 Å². The molecule has 1 atom stereocenters. The zero-order valence-corrected chi connectivity index (χ0v) is 10.8. The molecular weight excluding hydrogens is 212 g/mol. The SMILES string of the molecule is CN1CCC(CN(C)Cc2cccc(N)n2)C1. The standard InChI is InChI=1S/C13H22N4/c1-16-7-6-11(8-16)9-17(2)10-12-4-3-5-13(14)15-12/h3-5,11H,6-10H2,1-2H3,(H2,14,15). The van der Waals surface area contributed by atoms with Gasteiger partial charge in [0.25, 0.3) is 0 Å². The third-order valence-electron chi connectivity index (χ3n) is 3.32. The predicted molar refractivity (Wildman–Crippen MR) is 70.6 cm³/mol. The first-order valence-corrected chi connectivity index (χ1v) is 6.22. The van der Waals surface area contributed by atoms with Gasteiger partial charge in [-0.25, -0.2) is 4.98 Å². The van der Waals surface area contributed by atoms with Crippen LogP contribution in [0.15, 0.2) is 18.2 Å². The van der Waals surface area contributed by atoms with E-state index >= 15 is 0 Å². The molecule has 1 aromatic rings. The summed E-state index contributed by atoms with van der Waals surface area (Å²) in [5.41, 5.74) is 6.73. The van der Waals surface area contributed by atoms with Crippen LogP contribution in [-0.2, 0) is 6.54 Å². The fraction of sp³-hybridized carbons (Fsp3) is 0.615. The lowest BCUT2D eigenvalue weighted by Gasteiger charge is -2.20. The highest BCUT2D eigenvalue weighted by molar-refractivity contribution is 5.28. The molecule has 0 bridgehead atoms. The molecule has 1 aromatic heterocycles. The number of nitrogen functional groups attached to an aromatic ring is 1. The van der Waals surface area contributed by atoms with Crippen molar-refractivity contribution in [2.75, 3.05) is 39.5 Å². The molecule has 2 rings (SSSR count). The van der Waals surface area contributed by atoms with Gasteiger partial charge in [-0.1, -0.05) is 6.07 Å². The summed E-state index contributed by atoms with van der Waals surface area (Å²) in [5.74, 6) is 1.41. The number of nitrogens with two attached hydrogens (primary N) is 1. The zero-order valence-electron chi connectivity index (χ0n) is 10.8. The van der Waals surface area contributed by atoms with Crippen LogP contribution < -0.4 is 5.73 Å². The Balaban J connectivity index is 1.83. The van der Waals surface area contributed by atoms with Crippen molar-refractivity contribution in [3.8, 4) is 0 Å². The van der Waals surface area contributed by atoms with Crippen LogP contribution in [0.3, 0.4) is 0 Å². The molecule has 1 aliphatic rings. The van der Waals surface area contributed by atoms with Crippen molar-refractivity contribution >= 4 is 5.82 Å². The second-order valence-corrected chi connectivity index (χ2v) is 5.17. The van der Waals surface area contributed by atoms with Gasteiger partial charge in [0.2, 0.25) is 0 Å². The summed E-state index contributed by atoms with van der Waals surface area (Å²) in [6.45, 7) is 4.47. The van der Waals surface area contributed by atoms with Crippen LogP contribution in [0.1, 0.15) is 12.1 Å². The van der Waals surface area contributed by atoms with Gasteiger partial charge in [0.1, 0.15) is 5.82 Å². The van der Waals surface area contributed by atoms with E-state index in [1.807, 2.05) is 18.2 Å². The summed E-state index contributed by atoms with van der Waals surface area (Å²) < 4.78 is 0. The minimum atomic E-state index is 0.608. The first-order valence-electron chi connectivity index (χ1n) is 6.22. The second kappa shape index (κ2) is 5.47. The van der Waals surface area contributed by atoms with E-state index in [4.69, 9.17) is 5.73 Å². The summed E-state index contributed by atoms with van der Waals surface area (Å²) in [7, 11) is 4.35. The Morgan fingerprint density at radius 2 is 2.35 bits per heavy atom. The molecule has 94 valence electrons. The smallest absolute Gasteiger partial charge is 0.123 e. The van der Waals surface area contributed by atoms with E-state index in [0.717, 1.165) is 24.7 Å². The van der Waals surface area contributed by atoms with Crippen molar-refractivity contribution in [1.82, 2.24) is 14.8 Å². The highest BCUT2D eigenvalue weighted by Crippen LogP contribution is 2.16. The molecule has 2 heterocycles. The van der Waals surface area contributed by atoms with Crippen molar-refractivity contribution < 1.29 is 0 Å². The van der Waals surface area contributed by atoms with Gasteiger partial charge in [-0.15, -0.1) is 0 Å². The number of anilines is 1. The Bertz CT molecular complexity index is 366. The third-order valence-corrected chi connectivity index (χ3v) is 3.32. The normalized spacial score (nSPS) is 21.2. The Hall–Kier alpha value is -1.13. The number of rotatable bonds is 4. The van der Waals surface area contributed by atoms with Crippen LogP contribution in [0.25, 0.3) is 0 Å². The Morgan fingerprint density at radius 1 is 1.53 bits per heavy atom. The van der Waals surface area contributed by atoms with E-state index in [9.17, 15) is 0 Å². The molecule has 4 heteroatoms. The summed E-state index contributed by atoms with van der Waals surface area (Å²) in [6, 6.07) is 5.83. The maximum atomic E-state index is 5.68. The predicted octanol–water partition coefficient (Wildman–Crippen LogP) is 1.05. The molecular formula is C13H22N4. The van der Waals surface area contributed by atoms with Crippen molar-refractivity contribution in [3.05, 3.63) is 23.9 Å². The molecule has 4 nitrogen and oxygen atoms in total. The number of likely N-dealkylation sites (tertiary alicyclic amines) is 1. The van der Waals surface area contributed by atoms with Crippen LogP contribution in [0.5, 0.6) is 0 Å². The highest BCUT2D eigenvalue weighted by Gasteiger charge is 2.20. The van der Waals surface area contributed by atoms with Crippen LogP contribution in [0.4, 0.5) is 5.82 Å². The summed E-state index contributed by atoms with van der Waals surface area (Å²) in [4.78, 5) is 9.07. The van der Waals surface area contributed by atoms with Gasteiger partial charge in [-0.3, -0.25) is 0 Å². The molecule has 1 saturated heterocycles.